The maximum absolute atomic E-state index is 15.1. The topological polar surface area (TPSA) is 33.0 Å². The summed E-state index contributed by atoms with van der Waals surface area (Å²) >= 11 is 0. The van der Waals surface area contributed by atoms with Gasteiger partial charge in [0, 0.05) is 5.39 Å². The number of fused-ring (bicyclic) bond motifs is 1. The van der Waals surface area contributed by atoms with Crippen LogP contribution in [0.25, 0.3) is 21.9 Å². The van der Waals surface area contributed by atoms with Gasteiger partial charge in [0.2, 0.25) is 0 Å². The largest absolute Gasteiger partial charge is 0.490 e. The van der Waals surface area contributed by atoms with Gasteiger partial charge in [0.05, 0.1) is 11.6 Å². The number of benzene rings is 4. The smallest absolute Gasteiger partial charge is 0.134 e. The maximum Gasteiger partial charge on any atom is 0.134 e. The first-order valence-corrected chi connectivity index (χ1v) is 10.2. The molecule has 152 valence electrons. The van der Waals surface area contributed by atoms with Gasteiger partial charge in [-0.05, 0) is 70.8 Å². The minimum Gasteiger partial charge on any atom is -0.490 e. The fourth-order valence-corrected chi connectivity index (χ4v) is 3.63. The van der Waals surface area contributed by atoms with Crippen LogP contribution < -0.4 is 4.74 Å². The van der Waals surface area contributed by atoms with E-state index in [4.69, 9.17) is 10.00 Å². The van der Waals surface area contributed by atoms with E-state index in [1.165, 1.54) is 0 Å². The zero-order valence-electron chi connectivity index (χ0n) is 17.1. The van der Waals surface area contributed by atoms with Crippen molar-refractivity contribution in [3.8, 4) is 22.9 Å². The molecule has 2 nitrogen and oxygen atoms in total. The predicted molar refractivity (Wildman–Crippen MR) is 124 cm³/mol. The van der Waals surface area contributed by atoms with Crippen LogP contribution in [0.15, 0.2) is 91.5 Å². The van der Waals surface area contributed by atoms with Gasteiger partial charge in [-0.15, -0.1) is 0 Å². The molecule has 0 radical (unpaired) electrons. The zero-order chi connectivity index (χ0) is 21.6. The molecule has 0 aliphatic carbocycles. The maximum atomic E-state index is 15.1. The summed E-state index contributed by atoms with van der Waals surface area (Å²) in [4.78, 5) is 0. The van der Waals surface area contributed by atoms with Crippen LogP contribution in [0.2, 0.25) is 0 Å². The molecule has 0 saturated heterocycles. The number of hydrogen-bond donors (Lipinski definition) is 0. The van der Waals surface area contributed by atoms with E-state index in [9.17, 15) is 0 Å². The molecule has 0 amide bonds. The molecule has 0 aliphatic heterocycles. The van der Waals surface area contributed by atoms with Gasteiger partial charge >= 0.3 is 0 Å². The van der Waals surface area contributed by atoms with Crippen LogP contribution >= 0.6 is 0 Å². The van der Waals surface area contributed by atoms with Gasteiger partial charge in [0.15, 0.2) is 0 Å². The number of ether oxygens (including phenoxy) is 1. The van der Waals surface area contributed by atoms with Gasteiger partial charge in [-0.2, -0.15) is 5.26 Å². The van der Waals surface area contributed by atoms with Crippen molar-refractivity contribution in [2.75, 3.05) is 6.61 Å². The highest BCUT2D eigenvalue weighted by Crippen LogP contribution is 2.29. The Morgan fingerprint density at radius 2 is 1.61 bits per heavy atom. The molecule has 0 saturated carbocycles. The summed E-state index contributed by atoms with van der Waals surface area (Å²) in [5.74, 6) is 0.633. The van der Waals surface area contributed by atoms with Gasteiger partial charge in [0.1, 0.15) is 18.2 Å². The molecular formula is C28H22FNO. The number of nitrogens with zero attached hydrogens (tertiary/aromatic N) is 1. The highest BCUT2D eigenvalue weighted by molar-refractivity contribution is 5.88. The Labute approximate surface area is 181 Å². The SMILES string of the molecule is C=CCOc1ccc(-c2ccc3c(F)c(CCc4ccc(C#N)cc4)ccc3c2)cc1. The monoisotopic (exact) mass is 407 g/mol. The summed E-state index contributed by atoms with van der Waals surface area (Å²) < 4.78 is 20.7. The van der Waals surface area contributed by atoms with Crippen molar-refractivity contribution in [1.82, 2.24) is 0 Å². The average Bonchev–Trinajstić information content (AvgIpc) is 2.83. The van der Waals surface area contributed by atoms with E-state index in [0.29, 0.717) is 29.5 Å². The lowest BCUT2D eigenvalue weighted by Gasteiger charge is -2.10. The molecule has 0 atom stereocenters. The Bertz CT molecular complexity index is 1250. The Morgan fingerprint density at radius 1 is 0.871 bits per heavy atom. The van der Waals surface area contributed by atoms with Crippen LogP contribution in [-0.2, 0) is 12.8 Å². The highest BCUT2D eigenvalue weighted by Gasteiger charge is 2.09. The van der Waals surface area contributed by atoms with E-state index in [2.05, 4.69) is 12.6 Å². The minimum atomic E-state index is -0.161. The standard InChI is InChI=1S/C28H22FNO/c1-2-17-31-26-14-11-22(12-15-26)24-13-16-27-25(18-24)10-9-23(28(27)29)8-7-20-3-5-21(19-30)6-4-20/h2-6,9-16,18H,1,7-8,17H2. The van der Waals surface area contributed by atoms with E-state index in [-0.39, 0.29) is 5.82 Å². The molecule has 4 aromatic carbocycles. The summed E-state index contributed by atoms with van der Waals surface area (Å²) in [6.07, 6.45) is 3.05. The third-order valence-electron chi connectivity index (χ3n) is 5.36. The average molecular weight is 407 g/mol. The van der Waals surface area contributed by atoms with Gasteiger partial charge in [-0.25, -0.2) is 4.39 Å². The molecule has 0 aromatic heterocycles. The summed E-state index contributed by atoms with van der Waals surface area (Å²) in [6, 6.07) is 27.1. The van der Waals surface area contributed by atoms with Crippen molar-refractivity contribution in [3.63, 3.8) is 0 Å². The molecule has 4 rings (SSSR count). The molecule has 0 spiro atoms. The van der Waals surface area contributed by atoms with Crippen molar-refractivity contribution in [2.45, 2.75) is 12.8 Å². The molecule has 3 heteroatoms. The van der Waals surface area contributed by atoms with Crippen LogP contribution in [0.1, 0.15) is 16.7 Å². The molecule has 4 aromatic rings. The quantitative estimate of drug-likeness (QED) is 0.313. The number of rotatable bonds is 7. The Kier molecular flexibility index (Phi) is 6.10. The van der Waals surface area contributed by atoms with Crippen LogP contribution in [0.5, 0.6) is 5.75 Å². The normalized spacial score (nSPS) is 10.6. The lowest BCUT2D eigenvalue weighted by molar-refractivity contribution is 0.363. The van der Waals surface area contributed by atoms with Crippen molar-refractivity contribution in [1.29, 1.82) is 5.26 Å². The van der Waals surface area contributed by atoms with E-state index in [1.54, 1.807) is 18.2 Å². The number of nitriles is 1. The lowest BCUT2D eigenvalue weighted by atomic mass is 9.97. The number of halogens is 1. The first-order valence-electron chi connectivity index (χ1n) is 10.2. The third-order valence-corrected chi connectivity index (χ3v) is 5.36. The van der Waals surface area contributed by atoms with E-state index >= 15 is 4.39 Å². The first kappa shape index (κ1) is 20.4. The fraction of sp³-hybridized carbons (Fsp3) is 0.107. The molecule has 0 fully saturated rings. The van der Waals surface area contributed by atoms with E-state index in [0.717, 1.165) is 34.2 Å². The molecule has 0 unspecified atom stereocenters. The summed E-state index contributed by atoms with van der Waals surface area (Å²) in [5, 5.41) is 10.4. The Balaban J connectivity index is 1.53. The number of hydrogen-bond acceptors (Lipinski definition) is 2. The zero-order valence-corrected chi connectivity index (χ0v) is 17.1. The van der Waals surface area contributed by atoms with Crippen LogP contribution in [-0.4, -0.2) is 6.61 Å². The van der Waals surface area contributed by atoms with Crippen LogP contribution in [0.3, 0.4) is 0 Å². The van der Waals surface area contributed by atoms with Gasteiger partial charge < -0.3 is 4.74 Å². The van der Waals surface area contributed by atoms with Crippen LogP contribution in [0, 0.1) is 17.1 Å². The summed E-state index contributed by atoms with van der Waals surface area (Å²) in [5.41, 5.74) is 4.52. The molecule has 0 heterocycles. The predicted octanol–water partition coefficient (Wildman–Crippen LogP) is 6.87. The molecule has 31 heavy (non-hydrogen) atoms. The molecular weight excluding hydrogens is 385 g/mol. The van der Waals surface area contributed by atoms with Crippen molar-refractivity contribution in [3.05, 3.63) is 114 Å². The summed E-state index contributed by atoms with van der Waals surface area (Å²) in [7, 11) is 0. The minimum absolute atomic E-state index is 0.161. The lowest BCUT2D eigenvalue weighted by Crippen LogP contribution is -1.96. The van der Waals surface area contributed by atoms with Crippen LogP contribution in [0.4, 0.5) is 4.39 Å². The van der Waals surface area contributed by atoms with Crippen molar-refractivity contribution < 1.29 is 9.13 Å². The molecule has 0 aliphatic rings. The van der Waals surface area contributed by atoms with Crippen molar-refractivity contribution in [2.24, 2.45) is 0 Å². The second kappa shape index (κ2) is 9.28. The number of aryl methyl sites for hydroxylation is 2. The summed E-state index contributed by atoms with van der Waals surface area (Å²) in [6.45, 7) is 4.12. The third kappa shape index (κ3) is 4.65. The first-order chi connectivity index (χ1) is 15.2. The fourth-order valence-electron chi connectivity index (χ4n) is 3.63. The Morgan fingerprint density at radius 3 is 2.32 bits per heavy atom. The van der Waals surface area contributed by atoms with Gasteiger partial charge in [0.25, 0.3) is 0 Å². The Hall–Kier alpha value is -3.90. The van der Waals surface area contributed by atoms with Gasteiger partial charge in [-0.1, -0.05) is 61.2 Å². The molecule has 0 N–H and O–H groups in total. The van der Waals surface area contributed by atoms with E-state index in [1.807, 2.05) is 66.7 Å². The highest BCUT2D eigenvalue weighted by atomic mass is 19.1. The van der Waals surface area contributed by atoms with E-state index < -0.39 is 0 Å². The molecule has 0 bridgehead atoms. The van der Waals surface area contributed by atoms with Crippen molar-refractivity contribution >= 4 is 10.8 Å². The second-order valence-corrected chi connectivity index (χ2v) is 7.41. The van der Waals surface area contributed by atoms with Gasteiger partial charge in [-0.3, -0.25) is 0 Å². The second-order valence-electron chi connectivity index (χ2n) is 7.41.